The third-order valence-corrected chi connectivity index (χ3v) is 5.25. The molecule has 1 aliphatic carbocycles. The highest BCUT2D eigenvalue weighted by molar-refractivity contribution is 6.02. The lowest BCUT2D eigenvalue weighted by Gasteiger charge is -2.29. The van der Waals surface area contributed by atoms with E-state index in [-0.39, 0.29) is 17.5 Å². The van der Waals surface area contributed by atoms with Gasteiger partial charge in [-0.2, -0.15) is 5.26 Å². The smallest absolute Gasteiger partial charge is 0.262 e. The van der Waals surface area contributed by atoms with Crippen molar-refractivity contribution in [3.05, 3.63) is 71.3 Å². The van der Waals surface area contributed by atoms with E-state index in [1.807, 2.05) is 60.7 Å². The third kappa shape index (κ3) is 5.23. The standard InChI is InChI=1S/C24H26N2O2/c1-18-9-5-7-13-22(18)26-24(27)21(16-25)15-20-12-6-8-14-23(20)28-17-19-10-3-2-4-11-19/h2-4,6,8,10-12,14-15,18,22H,5,7,9,13,17H2,1H3,(H,26,27)/b21-15+/t18-,22+/m1/s1. The van der Waals surface area contributed by atoms with Crippen molar-refractivity contribution in [2.75, 3.05) is 0 Å². The van der Waals surface area contributed by atoms with Crippen LogP contribution < -0.4 is 10.1 Å². The summed E-state index contributed by atoms with van der Waals surface area (Å²) in [6.07, 6.45) is 6.04. The zero-order chi connectivity index (χ0) is 19.8. The highest BCUT2D eigenvalue weighted by atomic mass is 16.5. The number of hydrogen-bond acceptors (Lipinski definition) is 3. The van der Waals surface area contributed by atoms with Gasteiger partial charge in [-0.3, -0.25) is 4.79 Å². The van der Waals surface area contributed by atoms with Gasteiger partial charge in [0.1, 0.15) is 24.0 Å². The summed E-state index contributed by atoms with van der Waals surface area (Å²) in [5.74, 6) is 0.788. The molecule has 2 aromatic carbocycles. The first kappa shape index (κ1) is 19.7. The van der Waals surface area contributed by atoms with Gasteiger partial charge in [0.05, 0.1) is 0 Å². The van der Waals surface area contributed by atoms with Gasteiger partial charge in [0, 0.05) is 11.6 Å². The quantitative estimate of drug-likeness (QED) is 0.580. The summed E-state index contributed by atoms with van der Waals surface area (Å²) in [5.41, 5.74) is 1.89. The minimum Gasteiger partial charge on any atom is -0.488 e. The van der Waals surface area contributed by atoms with Crippen LogP contribution in [0.3, 0.4) is 0 Å². The van der Waals surface area contributed by atoms with Crippen molar-refractivity contribution in [3.63, 3.8) is 0 Å². The minimum atomic E-state index is -0.306. The van der Waals surface area contributed by atoms with Gasteiger partial charge in [0.2, 0.25) is 0 Å². The van der Waals surface area contributed by atoms with Crippen LogP contribution in [0.25, 0.3) is 6.08 Å². The molecule has 4 nitrogen and oxygen atoms in total. The molecule has 0 spiro atoms. The number of amides is 1. The first-order valence-corrected chi connectivity index (χ1v) is 9.86. The number of carbonyl (C=O) groups excluding carboxylic acids is 1. The van der Waals surface area contributed by atoms with Crippen molar-refractivity contribution < 1.29 is 9.53 Å². The molecule has 0 aromatic heterocycles. The van der Waals surface area contributed by atoms with Crippen LogP contribution in [0.5, 0.6) is 5.75 Å². The van der Waals surface area contributed by atoms with Gasteiger partial charge in [0.15, 0.2) is 0 Å². The van der Waals surface area contributed by atoms with Crippen LogP contribution in [0, 0.1) is 17.2 Å². The number of carbonyl (C=O) groups is 1. The molecule has 2 atom stereocenters. The van der Waals surface area contributed by atoms with Gasteiger partial charge in [0.25, 0.3) is 5.91 Å². The Morgan fingerprint density at radius 3 is 2.61 bits per heavy atom. The fourth-order valence-electron chi connectivity index (χ4n) is 3.55. The molecule has 1 fully saturated rings. The summed E-state index contributed by atoms with van der Waals surface area (Å²) in [6.45, 7) is 2.59. The Morgan fingerprint density at radius 1 is 1.14 bits per heavy atom. The Balaban J connectivity index is 1.73. The first-order valence-electron chi connectivity index (χ1n) is 9.86. The maximum Gasteiger partial charge on any atom is 0.262 e. The Labute approximate surface area is 166 Å². The van der Waals surface area contributed by atoms with Crippen molar-refractivity contribution in [1.82, 2.24) is 5.32 Å². The molecular weight excluding hydrogens is 348 g/mol. The molecule has 28 heavy (non-hydrogen) atoms. The molecule has 0 aliphatic heterocycles. The Bertz CT molecular complexity index is 868. The Kier molecular flexibility index (Phi) is 6.86. The van der Waals surface area contributed by atoms with E-state index in [2.05, 4.69) is 12.2 Å². The molecule has 144 valence electrons. The van der Waals surface area contributed by atoms with Crippen molar-refractivity contribution in [2.45, 2.75) is 45.3 Å². The number of benzene rings is 2. The van der Waals surface area contributed by atoms with Crippen LogP contribution in [0.2, 0.25) is 0 Å². The molecule has 1 amide bonds. The second kappa shape index (κ2) is 9.75. The van der Waals surface area contributed by atoms with Crippen LogP contribution in [-0.4, -0.2) is 11.9 Å². The molecule has 1 saturated carbocycles. The number of nitrogens with zero attached hydrogens (tertiary/aromatic N) is 1. The summed E-state index contributed by atoms with van der Waals surface area (Å²) in [7, 11) is 0. The molecule has 0 bridgehead atoms. The van der Waals surface area contributed by atoms with Gasteiger partial charge >= 0.3 is 0 Å². The minimum absolute atomic E-state index is 0.105. The summed E-state index contributed by atoms with van der Waals surface area (Å²) in [6, 6.07) is 19.5. The van der Waals surface area contributed by atoms with Gasteiger partial charge in [-0.15, -0.1) is 0 Å². The number of ether oxygens (including phenoxy) is 1. The SMILES string of the molecule is C[C@@H]1CCCC[C@@H]1NC(=O)/C(C#N)=C/c1ccccc1OCc1ccccc1. The van der Waals surface area contributed by atoms with E-state index in [1.54, 1.807) is 6.08 Å². The summed E-state index contributed by atoms with van der Waals surface area (Å²) in [5, 5.41) is 12.6. The maximum atomic E-state index is 12.6. The van der Waals surface area contributed by atoms with Crippen molar-refractivity contribution in [3.8, 4) is 11.8 Å². The lowest BCUT2D eigenvalue weighted by atomic mass is 9.86. The highest BCUT2D eigenvalue weighted by Crippen LogP contribution is 2.25. The van der Waals surface area contributed by atoms with E-state index in [4.69, 9.17) is 4.74 Å². The topological polar surface area (TPSA) is 62.1 Å². The van der Waals surface area contributed by atoms with Gasteiger partial charge in [-0.05, 0) is 36.5 Å². The van der Waals surface area contributed by atoms with E-state index in [0.29, 0.717) is 18.3 Å². The van der Waals surface area contributed by atoms with E-state index >= 15 is 0 Å². The van der Waals surface area contributed by atoms with E-state index in [0.717, 1.165) is 30.4 Å². The zero-order valence-corrected chi connectivity index (χ0v) is 16.2. The molecule has 1 aliphatic rings. The van der Waals surface area contributed by atoms with Crippen LogP contribution in [0.15, 0.2) is 60.2 Å². The predicted octanol–water partition coefficient (Wildman–Crippen LogP) is 4.87. The fraction of sp³-hybridized carbons (Fsp3) is 0.333. The number of nitrogens with one attached hydrogen (secondary N) is 1. The molecule has 0 heterocycles. The van der Waals surface area contributed by atoms with Crippen molar-refractivity contribution in [2.24, 2.45) is 5.92 Å². The van der Waals surface area contributed by atoms with Gasteiger partial charge in [-0.1, -0.05) is 68.3 Å². The molecule has 0 unspecified atom stereocenters. The number of hydrogen-bond donors (Lipinski definition) is 1. The lowest BCUT2D eigenvalue weighted by Crippen LogP contribution is -2.41. The molecule has 1 N–H and O–H groups in total. The summed E-state index contributed by atoms with van der Waals surface area (Å²) < 4.78 is 5.93. The number of rotatable bonds is 6. The molecule has 3 rings (SSSR count). The Morgan fingerprint density at radius 2 is 1.86 bits per heavy atom. The van der Waals surface area contributed by atoms with E-state index in [9.17, 15) is 10.1 Å². The summed E-state index contributed by atoms with van der Waals surface area (Å²) >= 11 is 0. The number of nitriles is 1. The third-order valence-electron chi connectivity index (χ3n) is 5.25. The molecule has 0 saturated heterocycles. The molecule has 2 aromatic rings. The van der Waals surface area contributed by atoms with Crippen LogP contribution in [-0.2, 0) is 11.4 Å². The van der Waals surface area contributed by atoms with E-state index in [1.165, 1.54) is 6.42 Å². The Hall–Kier alpha value is -3.06. The fourth-order valence-corrected chi connectivity index (χ4v) is 3.55. The second-order valence-electron chi connectivity index (χ2n) is 7.32. The van der Waals surface area contributed by atoms with Crippen LogP contribution >= 0.6 is 0 Å². The lowest BCUT2D eigenvalue weighted by molar-refractivity contribution is -0.118. The second-order valence-corrected chi connectivity index (χ2v) is 7.32. The maximum absolute atomic E-state index is 12.6. The zero-order valence-electron chi connectivity index (χ0n) is 16.2. The van der Waals surface area contributed by atoms with Crippen LogP contribution in [0.1, 0.15) is 43.7 Å². The average molecular weight is 374 g/mol. The molecule has 4 heteroatoms. The average Bonchev–Trinajstić information content (AvgIpc) is 2.73. The monoisotopic (exact) mass is 374 g/mol. The summed E-state index contributed by atoms with van der Waals surface area (Å²) in [4.78, 5) is 12.6. The van der Waals surface area contributed by atoms with Gasteiger partial charge in [-0.25, -0.2) is 0 Å². The predicted molar refractivity (Wildman–Crippen MR) is 110 cm³/mol. The molecular formula is C24H26N2O2. The van der Waals surface area contributed by atoms with Gasteiger partial charge < -0.3 is 10.1 Å². The largest absolute Gasteiger partial charge is 0.488 e. The first-order chi connectivity index (χ1) is 13.7. The number of para-hydroxylation sites is 1. The molecule has 0 radical (unpaired) electrons. The normalized spacial score (nSPS) is 19.5. The van der Waals surface area contributed by atoms with Crippen molar-refractivity contribution in [1.29, 1.82) is 5.26 Å². The van der Waals surface area contributed by atoms with Crippen LogP contribution in [0.4, 0.5) is 0 Å². The van der Waals surface area contributed by atoms with Crippen molar-refractivity contribution >= 4 is 12.0 Å². The van der Waals surface area contributed by atoms with E-state index < -0.39 is 0 Å². The highest BCUT2D eigenvalue weighted by Gasteiger charge is 2.24.